The Labute approximate surface area is 166 Å². The number of fused-ring (bicyclic) bond motifs is 2. The molecule has 152 valence electrons. The van der Waals surface area contributed by atoms with E-state index in [2.05, 4.69) is 43.2 Å². The van der Waals surface area contributed by atoms with Crippen molar-refractivity contribution in [1.82, 2.24) is 35.1 Å². The summed E-state index contributed by atoms with van der Waals surface area (Å²) in [6.45, 7) is 7.29. The number of nitrogens with zero attached hydrogens (tertiary/aromatic N) is 5. The van der Waals surface area contributed by atoms with E-state index in [0.717, 1.165) is 50.4 Å². The van der Waals surface area contributed by atoms with E-state index in [1.54, 1.807) is 4.90 Å². The van der Waals surface area contributed by atoms with Gasteiger partial charge in [-0.3, -0.25) is 14.7 Å². The van der Waals surface area contributed by atoms with Crippen LogP contribution in [0.3, 0.4) is 0 Å². The summed E-state index contributed by atoms with van der Waals surface area (Å²) in [6, 6.07) is 2.03. The van der Waals surface area contributed by atoms with Crippen molar-refractivity contribution >= 4 is 6.03 Å². The molecule has 0 atom stereocenters. The molecule has 0 fully saturated rings. The lowest BCUT2D eigenvalue weighted by molar-refractivity contribution is 0.205. The van der Waals surface area contributed by atoms with Gasteiger partial charge in [0.2, 0.25) is 0 Å². The zero-order valence-electron chi connectivity index (χ0n) is 17.0. The van der Waals surface area contributed by atoms with E-state index in [9.17, 15) is 4.79 Å². The topological polar surface area (TPSA) is 82.1 Å². The van der Waals surface area contributed by atoms with Crippen molar-refractivity contribution in [1.29, 1.82) is 0 Å². The number of unbranched alkanes of at least 4 members (excludes halogenated alkanes) is 1. The number of carbonyl (C=O) groups is 1. The molecule has 0 radical (unpaired) electrons. The molecule has 2 aliphatic rings. The van der Waals surface area contributed by atoms with Crippen molar-refractivity contribution in [2.24, 2.45) is 0 Å². The first kappa shape index (κ1) is 19.0. The van der Waals surface area contributed by atoms with Gasteiger partial charge in [-0.1, -0.05) is 13.3 Å². The molecule has 8 nitrogen and oxygen atoms in total. The smallest absolute Gasteiger partial charge is 0.317 e. The molecule has 0 aromatic carbocycles. The maximum atomic E-state index is 12.5. The van der Waals surface area contributed by atoms with Crippen LogP contribution in [0.15, 0.2) is 6.07 Å². The highest BCUT2D eigenvalue weighted by Gasteiger charge is 2.21. The second kappa shape index (κ2) is 8.34. The molecule has 4 rings (SSSR count). The monoisotopic (exact) mass is 385 g/mol. The van der Waals surface area contributed by atoms with E-state index in [4.69, 9.17) is 0 Å². The average molecular weight is 386 g/mol. The van der Waals surface area contributed by atoms with Crippen LogP contribution in [-0.4, -0.2) is 55.9 Å². The van der Waals surface area contributed by atoms with Crippen LogP contribution in [0.2, 0.25) is 0 Å². The van der Waals surface area contributed by atoms with E-state index < -0.39 is 0 Å². The molecule has 2 N–H and O–H groups in total. The van der Waals surface area contributed by atoms with Gasteiger partial charge < -0.3 is 10.2 Å². The number of aromatic amines is 1. The van der Waals surface area contributed by atoms with E-state index in [0.29, 0.717) is 13.1 Å². The minimum atomic E-state index is -0.0923. The molecule has 0 saturated carbocycles. The maximum Gasteiger partial charge on any atom is 0.317 e. The summed E-state index contributed by atoms with van der Waals surface area (Å²) in [5, 5.41) is 15.1. The highest BCUT2D eigenvalue weighted by atomic mass is 16.2. The van der Waals surface area contributed by atoms with Crippen LogP contribution < -0.4 is 5.32 Å². The first-order valence-corrected chi connectivity index (χ1v) is 10.5. The quantitative estimate of drug-likeness (QED) is 0.764. The van der Waals surface area contributed by atoms with Gasteiger partial charge in [0.05, 0.1) is 36.7 Å². The predicted octanol–water partition coefficient (Wildman–Crippen LogP) is 2.05. The molecular formula is C20H31N7O. The molecule has 0 unspecified atom stereocenters. The van der Waals surface area contributed by atoms with Gasteiger partial charge in [-0.05, 0) is 43.9 Å². The van der Waals surface area contributed by atoms with Crippen molar-refractivity contribution in [2.75, 3.05) is 20.1 Å². The molecule has 2 aromatic rings. The third kappa shape index (κ3) is 4.06. The molecule has 1 aliphatic carbocycles. The molecule has 28 heavy (non-hydrogen) atoms. The summed E-state index contributed by atoms with van der Waals surface area (Å²) >= 11 is 0. The number of carbonyl (C=O) groups excluding carboxylic acids is 1. The zero-order chi connectivity index (χ0) is 19.5. The Hall–Kier alpha value is -2.35. The summed E-state index contributed by atoms with van der Waals surface area (Å²) in [6.07, 6.45) is 5.77. The standard InChI is InChI=1S/C20H31N7O/c1-3-4-8-26-9-10-27-16(13-26)11-15(24-27)12-21-20(28)25(2)14-19-17-6-5-7-18(17)22-23-19/h11H,3-10,12-14H2,1-2H3,(H,21,28)(H,22,23). The number of nitrogens with one attached hydrogen (secondary N) is 2. The van der Waals surface area contributed by atoms with Gasteiger partial charge in [-0.2, -0.15) is 10.2 Å². The van der Waals surface area contributed by atoms with Crippen LogP contribution >= 0.6 is 0 Å². The second-order valence-corrected chi connectivity index (χ2v) is 7.98. The number of hydrogen-bond acceptors (Lipinski definition) is 4. The SMILES string of the molecule is CCCCN1CCn2nc(CNC(=O)N(C)Cc3n[nH]c4c3CCC4)cc2C1. The number of hydrogen-bond donors (Lipinski definition) is 2. The number of aromatic nitrogens is 4. The van der Waals surface area contributed by atoms with Gasteiger partial charge >= 0.3 is 6.03 Å². The third-order valence-corrected chi connectivity index (χ3v) is 5.80. The summed E-state index contributed by atoms with van der Waals surface area (Å²) in [5.41, 5.74) is 5.70. The minimum absolute atomic E-state index is 0.0923. The molecule has 2 aromatic heterocycles. The van der Waals surface area contributed by atoms with Gasteiger partial charge in [-0.15, -0.1) is 0 Å². The van der Waals surface area contributed by atoms with Crippen LogP contribution in [0.5, 0.6) is 0 Å². The summed E-state index contributed by atoms with van der Waals surface area (Å²) < 4.78 is 2.08. The van der Waals surface area contributed by atoms with Crippen LogP contribution in [0.25, 0.3) is 0 Å². The van der Waals surface area contributed by atoms with Gasteiger partial charge in [0, 0.05) is 25.8 Å². The Balaban J connectivity index is 1.28. The van der Waals surface area contributed by atoms with Crippen molar-refractivity contribution in [3.05, 3.63) is 34.4 Å². The number of aryl methyl sites for hydroxylation is 1. The Kier molecular flexibility index (Phi) is 5.66. The third-order valence-electron chi connectivity index (χ3n) is 5.80. The lowest BCUT2D eigenvalue weighted by Crippen LogP contribution is -2.36. The van der Waals surface area contributed by atoms with Crippen molar-refractivity contribution in [3.63, 3.8) is 0 Å². The zero-order valence-corrected chi connectivity index (χ0v) is 17.0. The van der Waals surface area contributed by atoms with E-state index in [1.807, 2.05) is 7.05 Å². The first-order chi connectivity index (χ1) is 13.6. The number of amides is 2. The molecule has 8 heteroatoms. The van der Waals surface area contributed by atoms with Gasteiger partial charge in [0.15, 0.2) is 0 Å². The number of urea groups is 1. The second-order valence-electron chi connectivity index (χ2n) is 7.98. The maximum absolute atomic E-state index is 12.5. The first-order valence-electron chi connectivity index (χ1n) is 10.5. The van der Waals surface area contributed by atoms with Crippen molar-refractivity contribution < 1.29 is 4.79 Å². The van der Waals surface area contributed by atoms with Crippen molar-refractivity contribution in [2.45, 2.75) is 65.2 Å². The Morgan fingerprint density at radius 2 is 2.25 bits per heavy atom. The van der Waals surface area contributed by atoms with Crippen LogP contribution in [-0.2, 0) is 39.0 Å². The normalized spacial score (nSPS) is 16.1. The molecule has 0 bridgehead atoms. The number of H-pyrrole nitrogens is 1. The van der Waals surface area contributed by atoms with Gasteiger partial charge in [-0.25, -0.2) is 4.79 Å². The Bertz CT molecular complexity index is 825. The Morgan fingerprint density at radius 1 is 1.36 bits per heavy atom. The fourth-order valence-electron chi connectivity index (χ4n) is 4.16. The largest absolute Gasteiger partial charge is 0.332 e. The fraction of sp³-hybridized carbons (Fsp3) is 0.650. The fourth-order valence-corrected chi connectivity index (χ4v) is 4.16. The predicted molar refractivity (Wildman–Crippen MR) is 107 cm³/mol. The van der Waals surface area contributed by atoms with Crippen LogP contribution in [0.4, 0.5) is 4.79 Å². The molecular weight excluding hydrogens is 354 g/mol. The van der Waals surface area contributed by atoms with Crippen LogP contribution in [0.1, 0.15) is 54.5 Å². The Morgan fingerprint density at radius 3 is 3.11 bits per heavy atom. The summed E-state index contributed by atoms with van der Waals surface area (Å²) in [7, 11) is 1.81. The van der Waals surface area contributed by atoms with Crippen LogP contribution in [0, 0.1) is 0 Å². The lowest BCUT2D eigenvalue weighted by Gasteiger charge is -2.27. The highest BCUT2D eigenvalue weighted by Crippen LogP contribution is 2.23. The van der Waals surface area contributed by atoms with Crippen molar-refractivity contribution in [3.8, 4) is 0 Å². The van der Waals surface area contributed by atoms with E-state index in [-0.39, 0.29) is 6.03 Å². The van der Waals surface area contributed by atoms with Gasteiger partial charge in [0.1, 0.15) is 0 Å². The highest BCUT2D eigenvalue weighted by molar-refractivity contribution is 5.73. The summed E-state index contributed by atoms with van der Waals surface area (Å²) in [5.74, 6) is 0. The summed E-state index contributed by atoms with van der Waals surface area (Å²) in [4.78, 5) is 16.7. The average Bonchev–Trinajstić information content (AvgIpc) is 3.40. The molecule has 2 amide bonds. The minimum Gasteiger partial charge on any atom is -0.332 e. The molecule has 3 heterocycles. The number of rotatable bonds is 7. The molecule has 0 spiro atoms. The van der Waals surface area contributed by atoms with Gasteiger partial charge in [0.25, 0.3) is 0 Å². The van der Waals surface area contributed by atoms with E-state index >= 15 is 0 Å². The van der Waals surface area contributed by atoms with E-state index in [1.165, 1.54) is 36.2 Å². The lowest BCUT2D eigenvalue weighted by atomic mass is 10.2. The molecule has 1 aliphatic heterocycles. The molecule has 0 saturated heterocycles.